The second-order valence-corrected chi connectivity index (χ2v) is 12.4. The summed E-state index contributed by atoms with van der Waals surface area (Å²) in [5.41, 5.74) is -1.46. The molecule has 264 valence electrons. The summed E-state index contributed by atoms with van der Waals surface area (Å²) in [6.45, 7) is -3.18. The van der Waals surface area contributed by atoms with Gasteiger partial charge in [0.1, 0.15) is 84.8 Å². The standard InChI is InChI=1S/C24H42O20S/c25-1-5-9(29)10(30)15(35)22(40-5)44-19-7(3-27)42-24(17(37)12(19)32)45-20-8(4-28)41-23(16(36)13(20)33)43-18-6(2-26)39-21(38)14(34)11(18)31/h5-38H,1-4H2/t5-,6-,7-,8-,9-,10+,11-,12-,13-,14-,15-,16-,17-,18-,19-,20-,21?,22+,23+,24+/m1/s1. The van der Waals surface area contributed by atoms with E-state index in [-0.39, 0.29) is 0 Å². The van der Waals surface area contributed by atoms with Gasteiger partial charge in [0.2, 0.25) is 0 Å². The van der Waals surface area contributed by atoms with Crippen molar-refractivity contribution in [3.05, 3.63) is 0 Å². The van der Waals surface area contributed by atoms with Crippen LogP contribution in [0.1, 0.15) is 0 Å². The molecule has 20 nitrogen and oxygen atoms in total. The van der Waals surface area contributed by atoms with Crippen LogP contribution in [0.25, 0.3) is 0 Å². The molecule has 20 atom stereocenters. The number of hydrogen-bond donors (Lipinski definition) is 14. The molecule has 0 aromatic heterocycles. The molecule has 4 aliphatic heterocycles. The van der Waals surface area contributed by atoms with Crippen LogP contribution >= 0.6 is 11.8 Å². The molecule has 4 heterocycles. The molecule has 14 N–H and O–H groups in total. The van der Waals surface area contributed by atoms with Crippen molar-refractivity contribution in [2.24, 2.45) is 0 Å². The van der Waals surface area contributed by atoms with E-state index < -0.39 is 148 Å². The zero-order valence-corrected chi connectivity index (χ0v) is 24.3. The minimum absolute atomic E-state index is 0.601. The highest BCUT2D eigenvalue weighted by Gasteiger charge is 2.54. The molecule has 0 aromatic rings. The van der Waals surface area contributed by atoms with E-state index in [1.165, 1.54) is 0 Å². The Bertz CT molecular complexity index is 916. The topological polar surface area (TPSA) is 339 Å². The van der Waals surface area contributed by atoms with Gasteiger partial charge in [-0.2, -0.15) is 0 Å². The summed E-state index contributed by atoms with van der Waals surface area (Å²) < 4.78 is 32.6. The lowest BCUT2D eigenvalue weighted by molar-refractivity contribution is -0.344. The van der Waals surface area contributed by atoms with Crippen LogP contribution in [-0.4, -0.2) is 219 Å². The van der Waals surface area contributed by atoms with E-state index >= 15 is 0 Å². The molecule has 4 rings (SSSR count). The van der Waals surface area contributed by atoms with Crippen LogP contribution in [0.4, 0.5) is 0 Å². The van der Waals surface area contributed by atoms with Gasteiger partial charge >= 0.3 is 0 Å². The Morgan fingerprint density at radius 3 is 1.42 bits per heavy atom. The Hall–Kier alpha value is -0.450. The Morgan fingerprint density at radius 1 is 0.422 bits per heavy atom. The first kappa shape index (κ1) is 37.4. The maximum absolute atomic E-state index is 11.0. The lowest BCUT2D eigenvalue weighted by atomic mass is 9.97. The van der Waals surface area contributed by atoms with E-state index in [4.69, 9.17) is 28.4 Å². The number of aliphatic hydroxyl groups is 14. The highest BCUT2D eigenvalue weighted by Crippen LogP contribution is 2.40. The van der Waals surface area contributed by atoms with Gasteiger partial charge in [0.15, 0.2) is 18.9 Å². The number of rotatable bonds is 10. The van der Waals surface area contributed by atoms with Gasteiger partial charge in [-0.25, -0.2) is 0 Å². The Balaban J connectivity index is 1.43. The fourth-order valence-corrected chi connectivity index (χ4v) is 7.03. The summed E-state index contributed by atoms with van der Waals surface area (Å²) in [5, 5.41) is 141. The summed E-state index contributed by atoms with van der Waals surface area (Å²) in [5.74, 6) is 0. The average Bonchev–Trinajstić information content (AvgIpc) is 3.03. The molecule has 0 radical (unpaired) electrons. The van der Waals surface area contributed by atoms with Gasteiger partial charge in [-0.3, -0.25) is 0 Å². The maximum atomic E-state index is 11.0. The SMILES string of the molecule is OC[C@H]1O[C@@H](O[C@H]2[C@H](O)[C@@H](O)[C@H](S[C@H]3[C@H](O)[C@@H](O)[C@H](O[C@H]4[C@H](O)[C@@H](O)C(O)O[C@@H]4CO)O[C@@H]3CO)O[C@@H]2CO)[C@H](O)[C@@H](O)[C@@H]1O. The first-order valence-electron chi connectivity index (χ1n) is 14.1. The second kappa shape index (κ2) is 15.8. The predicted octanol–water partition coefficient (Wildman–Crippen LogP) is -9.03. The van der Waals surface area contributed by atoms with Gasteiger partial charge in [0.25, 0.3) is 0 Å². The van der Waals surface area contributed by atoms with E-state index in [0.717, 1.165) is 0 Å². The molecule has 1 unspecified atom stereocenters. The second-order valence-electron chi connectivity index (χ2n) is 11.1. The van der Waals surface area contributed by atoms with Crippen LogP contribution in [-0.2, 0) is 28.4 Å². The highest BCUT2D eigenvalue weighted by atomic mass is 32.2. The van der Waals surface area contributed by atoms with Gasteiger partial charge in [0.05, 0.1) is 43.9 Å². The molecule has 45 heavy (non-hydrogen) atoms. The molecule has 21 heteroatoms. The molecule has 0 bridgehead atoms. The Kier molecular flexibility index (Phi) is 13.2. The van der Waals surface area contributed by atoms with Crippen LogP contribution in [0.5, 0.6) is 0 Å². The van der Waals surface area contributed by atoms with E-state index in [0.29, 0.717) is 11.8 Å². The number of ether oxygens (including phenoxy) is 6. The fourth-order valence-electron chi connectivity index (χ4n) is 5.55. The van der Waals surface area contributed by atoms with Crippen LogP contribution in [0.2, 0.25) is 0 Å². The lowest BCUT2D eigenvalue weighted by Gasteiger charge is -2.48. The lowest BCUT2D eigenvalue weighted by Crippen LogP contribution is -2.65. The minimum Gasteiger partial charge on any atom is -0.394 e. The predicted molar refractivity (Wildman–Crippen MR) is 140 cm³/mol. The van der Waals surface area contributed by atoms with E-state index in [1.54, 1.807) is 0 Å². The zero-order valence-electron chi connectivity index (χ0n) is 23.5. The van der Waals surface area contributed by atoms with Crippen molar-refractivity contribution in [3.8, 4) is 0 Å². The molecule has 4 saturated heterocycles. The largest absolute Gasteiger partial charge is 0.394 e. The van der Waals surface area contributed by atoms with Crippen molar-refractivity contribution in [1.29, 1.82) is 0 Å². The van der Waals surface area contributed by atoms with Crippen molar-refractivity contribution in [3.63, 3.8) is 0 Å². The van der Waals surface area contributed by atoms with Gasteiger partial charge < -0.3 is 99.9 Å². The molecule has 4 aliphatic rings. The van der Waals surface area contributed by atoms with Gasteiger partial charge in [0, 0.05) is 0 Å². The maximum Gasteiger partial charge on any atom is 0.187 e. The first-order valence-corrected chi connectivity index (χ1v) is 15.1. The molecular formula is C24H42O20S. The summed E-state index contributed by atoms with van der Waals surface area (Å²) in [6, 6.07) is 0. The van der Waals surface area contributed by atoms with Crippen LogP contribution in [0.3, 0.4) is 0 Å². The molecule has 4 fully saturated rings. The number of thioether (sulfide) groups is 1. The molecule has 0 aliphatic carbocycles. The molecule has 0 saturated carbocycles. The van der Waals surface area contributed by atoms with E-state index in [9.17, 15) is 71.5 Å². The average molecular weight is 683 g/mol. The highest BCUT2D eigenvalue weighted by molar-refractivity contribution is 8.00. The van der Waals surface area contributed by atoms with E-state index in [2.05, 4.69) is 0 Å². The van der Waals surface area contributed by atoms with Gasteiger partial charge in [-0.1, -0.05) is 0 Å². The van der Waals surface area contributed by atoms with Crippen molar-refractivity contribution in [2.45, 2.75) is 121 Å². The first-order chi connectivity index (χ1) is 21.3. The normalized spacial score (nSPS) is 52.9. The fraction of sp³-hybridized carbons (Fsp3) is 1.00. The monoisotopic (exact) mass is 682 g/mol. The van der Waals surface area contributed by atoms with E-state index in [1.807, 2.05) is 0 Å². The van der Waals surface area contributed by atoms with Crippen molar-refractivity contribution in [1.82, 2.24) is 0 Å². The van der Waals surface area contributed by atoms with Crippen molar-refractivity contribution < 1.29 is 99.9 Å². The van der Waals surface area contributed by atoms with Crippen LogP contribution in [0, 0.1) is 0 Å². The molecular weight excluding hydrogens is 640 g/mol. The molecule has 0 aromatic carbocycles. The third kappa shape index (κ3) is 7.59. The Morgan fingerprint density at radius 2 is 0.889 bits per heavy atom. The molecule has 0 spiro atoms. The van der Waals surface area contributed by atoms with Crippen LogP contribution < -0.4 is 0 Å². The minimum atomic E-state index is -1.90. The summed E-state index contributed by atoms with van der Waals surface area (Å²) in [6.07, 6.45) is -30.5. The summed E-state index contributed by atoms with van der Waals surface area (Å²) in [7, 11) is 0. The van der Waals surface area contributed by atoms with Gasteiger partial charge in [-0.15, -0.1) is 11.8 Å². The van der Waals surface area contributed by atoms with Crippen molar-refractivity contribution in [2.75, 3.05) is 26.4 Å². The quantitative estimate of drug-likeness (QED) is 0.102. The number of hydrogen-bond acceptors (Lipinski definition) is 21. The Labute approximate surface area is 259 Å². The number of aliphatic hydroxyl groups excluding tert-OH is 14. The summed E-state index contributed by atoms with van der Waals surface area (Å²) >= 11 is 0.601. The molecule has 0 amide bonds. The summed E-state index contributed by atoms with van der Waals surface area (Å²) in [4.78, 5) is 0. The third-order valence-corrected chi connectivity index (χ3v) is 9.76. The van der Waals surface area contributed by atoms with Gasteiger partial charge in [-0.05, 0) is 0 Å². The smallest absolute Gasteiger partial charge is 0.187 e. The third-order valence-electron chi connectivity index (χ3n) is 8.20. The van der Waals surface area contributed by atoms with Crippen LogP contribution in [0.15, 0.2) is 0 Å². The van der Waals surface area contributed by atoms with Crippen molar-refractivity contribution >= 4 is 11.8 Å². The zero-order chi connectivity index (χ0) is 33.3.